The predicted molar refractivity (Wildman–Crippen MR) is 137 cm³/mol. The van der Waals surface area contributed by atoms with Crippen LogP contribution in [0.4, 0.5) is 5.69 Å². The molecule has 1 unspecified atom stereocenters. The zero-order valence-corrected chi connectivity index (χ0v) is 20.7. The van der Waals surface area contributed by atoms with E-state index in [1.165, 1.54) is 0 Å². The first-order valence-electron chi connectivity index (χ1n) is 11.8. The lowest BCUT2D eigenvalue weighted by atomic mass is 9.94. The number of hydrazone groups is 1. The second kappa shape index (κ2) is 9.29. The van der Waals surface area contributed by atoms with Crippen molar-refractivity contribution in [1.29, 1.82) is 5.26 Å². The number of anilines is 1. The summed E-state index contributed by atoms with van der Waals surface area (Å²) >= 11 is 0. The number of nitrogens with one attached hydrogen (secondary N) is 1. The fourth-order valence-corrected chi connectivity index (χ4v) is 6.00. The molecule has 1 aromatic heterocycles. The van der Waals surface area contributed by atoms with Gasteiger partial charge in [-0.25, -0.2) is 4.83 Å². The molecular weight excluding hydrogens is 460 g/mol. The number of aryl methyl sites for hydroxylation is 1. The van der Waals surface area contributed by atoms with Crippen LogP contribution < -0.4 is 9.73 Å². The molecule has 2 aromatic carbocycles. The van der Waals surface area contributed by atoms with Gasteiger partial charge in [0.15, 0.2) is 0 Å². The number of piperidine rings is 1. The molecule has 0 spiro atoms. The van der Waals surface area contributed by atoms with Gasteiger partial charge in [0.25, 0.3) is 10.0 Å². The van der Waals surface area contributed by atoms with Crippen LogP contribution in [-0.4, -0.2) is 55.7 Å². The van der Waals surface area contributed by atoms with Gasteiger partial charge in [-0.2, -0.15) is 18.8 Å². The Hall–Kier alpha value is -3.48. The number of benzene rings is 2. The van der Waals surface area contributed by atoms with Crippen LogP contribution in [0.3, 0.4) is 0 Å². The minimum absolute atomic E-state index is 0.212. The van der Waals surface area contributed by atoms with E-state index < -0.39 is 10.0 Å². The van der Waals surface area contributed by atoms with Crippen molar-refractivity contribution < 1.29 is 8.42 Å². The summed E-state index contributed by atoms with van der Waals surface area (Å²) in [4.78, 5) is 12.0. The van der Waals surface area contributed by atoms with E-state index >= 15 is 0 Å². The lowest BCUT2D eigenvalue weighted by molar-refractivity contribution is 0.118. The molecule has 0 bridgehead atoms. The largest absolute Gasteiger partial charge is 0.368 e. The minimum atomic E-state index is -3.70. The Balaban J connectivity index is 1.36. The number of nitrogens with zero attached hydrogens (tertiary/aromatic N) is 5. The Bertz CT molecular complexity index is 1430. The smallest absolute Gasteiger partial charge is 0.276 e. The van der Waals surface area contributed by atoms with E-state index in [2.05, 4.69) is 37.7 Å². The first-order valence-corrected chi connectivity index (χ1v) is 13.3. The van der Waals surface area contributed by atoms with Crippen LogP contribution in [0.1, 0.15) is 30.9 Å². The van der Waals surface area contributed by atoms with Gasteiger partial charge in [0, 0.05) is 67.5 Å². The molecule has 5 rings (SSSR count). The quantitative estimate of drug-likeness (QED) is 0.565. The number of nitriles is 1. The molecule has 0 saturated carbocycles. The molecule has 0 aliphatic carbocycles. The highest BCUT2D eigenvalue weighted by atomic mass is 32.2. The zero-order chi connectivity index (χ0) is 24.6. The summed E-state index contributed by atoms with van der Waals surface area (Å²) in [7, 11) is -3.70. The van der Waals surface area contributed by atoms with Crippen molar-refractivity contribution in [1.82, 2.24) is 14.7 Å². The lowest BCUT2D eigenvalue weighted by Gasteiger charge is -2.49. The van der Waals surface area contributed by atoms with Gasteiger partial charge in [-0.05, 0) is 50.2 Å². The molecule has 3 heterocycles. The van der Waals surface area contributed by atoms with E-state index in [4.69, 9.17) is 0 Å². The normalized spacial score (nSPS) is 22.1. The fourth-order valence-electron chi connectivity index (χ4n) is 5.15. The summed E-state index contributed by atoms with van der Waals surface area (Å²) < 4.78 is 25.3. The Labute approximate surface area is 205 Å². The standard InChI is InChI=1S/C26H28N6O2S/c1-18-5-8-23(9-6-18)35(33,34)30-29-21-11-13-32-19(2)16-31(17-22(32)14-21)25-10-7-20(15-27)26-24(25)4-3-12-28-26/h3-10,12,19,22,30H,11,13-14,16-17H2,1-2H3/t19-,22?/m1/s1. The molecular formula is C26H28N6O2S. The zero-order valence-electron chi connectivity index (χ0n) is 19.8. The van der Waals surface area contributed by atoms with Crippen LogP contribution in [0.2, 0.25) is 0 Å². The second-order valence-corrected chi connectivity index (χ2v) is 11.0. The van der Waals surface area contributed by atoms with Crippen molar-refractivity contribution in [2.24, 2.45) is 5.10 Å². The van der Waals surface area contributed by atoms with E-state index in [-0.39, 0.29) is 10.9 Å². The van der Waals surface area contributed by atoms with Gasteiger partial charge in [0.1, 0.15) is 6.07 Å². The van der Waals surface area contributed by atoms with E-state index in [9.17, 15) is 13.7 Å². The molecule has 2 aliphatic heterocycles. The summed E-state index contributed by atoms with van der Waals surface area (Å²) in [6.45, 7) is 6.66. The van der Waals surface area contributed by atoms with Crippen molar-refractivity contribution >= 4 is 32.3 Å². The summed E-state index contributed by atoms with van der Waals surface area (Å²) in [5.41, 5.74) is 4.23. The fraction of sp³-hybridized carbons (Fsp3) is 0.346. The molecule has 2 aliphatic rings. The van der Waals surface area contributed by atoms with E-state index in [0.29, 0.717) is 18.0 Å². The molecule has 2 atom stereocenters. The van der Waals surface area contributed by atoms with Crippen molar-refractivity contribution in [3.63, 3.8) is 0 Å². The van der Waals surface area contributed by atoms with Gasteiger partial charge in [-0.15, -0.1) is 0 Å². The highest BCUT2D eigenvalue weighted by molar-refractivity contribution is 7.89. The third-order valence-corrected chi connectivity index (χ3v) is 8.17. The Kier molecular flexibility index (Phi) is 6.17. The van der Waals surface area contributed by atoms with Gasteiger partial charge >= 0.3 is 0 Å². The molecule has 180 valence electrons. The summed E-state index contributed by atoms with van der Waals surface area (Å²) in [5, 5.41) is 14.8. The molecule has 9 heteroatoms. The van der Waals surface area contributed by atoms with E-state index in [1.807, 2.05) is 31.2 Å². The maximum Gasteiger partial charge on any atom is 0.276 e. The SMILES string of the molecule is Cc1ccc(S(=O)(=O)NN=C2CCN3C(C2)CN(c2ccc(C#N)c4ncccc24)C[C@H]3C)cc1. The number of sulfonamides is 1. The predicted octanol–water partition coefficient (Wildman–Crippen LogP) is 3.42. The van der Waals surface area contributed by atoms with Crippen LogP contribution in [0.15, 0.2) is 64.7 Å². The van der Waals surface area contributed by atoms with Gasteiger partial charge < -0.3 is 4.90 Å². The van der Waals surface area contributed by atoms with Gasteiger partial charge in [0.05, 0.1) is 16.0 Å². The number of hydrogen-bond donors (Lipinski definition) is 1. The van der Waals surface area contributed by atoms with E-state index in [1.54, 1.807) is 30.5 Å². The van der Waals surface area contributed by atoms with Crippen LogP contribution in [0.5, 0.6) is 0 Å². The summed E-state index contributed by atoms with van der Waals surface area (Å²) in [6, 6.07) is 17.3. The van der Waals surface area contributed by atoms with Crippen LogP contribution >= 0.6 is 0 Å². The Morgan fingerprint density at radius 2 is 1.94 bits per heavy atom. The molecule has 2 saturated heterocycles. The monoisotopic (exact) mass is 488 g/mol. The van der Waals surface area contributed by atoms with Gasteiger partial charge in [-0.1, -0.05) is 17.7 Å². The summed E-state index contributed by atoms with van der Waals surface area (Å²) in [6.07, 6.45) is 3.15. The highest BCUT2D eigenvalue weighted by Gasteiger charge is 2.36. The highest BCUT2D eigenvalue weighted by Crippen LogP contribution is 2.32. The molecule has 8 nitrogen and oxygen atoms in total. The van der Waals surface area contributed by atoms with Crippen LogP contribution in [-0.2, 0) is 10.0 Å². The molecule has 3 aromatic rings. The summed E-state index contributed by atoms with van der Waals surface area (Å²) in [5.74, 6) is 0. The molecule has 35 heavy (non-hydrogen) atoms. The Morgan fingerprint density at radius 1 is 1.14 bits per heavy atom. The molecule has 1 N–H and O–H groups in total. The first kappa shape index (κ1) is 23.3. The number of fused-ring (bicyclic) bond motifs is 2. The first-order chi connectivity index (χ1) is 16.9. The number of aromatic nitrogens is 1. The molecule has 0 amide bonds. The van der Waals surface area contributed by atoms with Crippen LogP contribution in [0.25, 0.3) is 10.9 Å². The number of hydrogen-bond acceptors (Lipinski definition) is 7. The average molecular weight is 489 g/mol. The molecule has 0 radical (unpaired) electrons. The third kappa shape index (κ3) is 4.59. The van der Waals surface area contributed by atoms with Gasteiger partial charge in [0.2, 0.25) is 0 Å². The van der Waals surface area contributed by atoms with Crippen LogP contribution in [0, 0.1) is 18.3 Å². The van der Waals surface area contributed by atoms with Crippen molar-refractivity contribution in [3.05, 3.63) is 65.9 Å². The van der Waals surface area contributed by atoms with Gasteiger partial charge in [-0.3, -0.25) is 9.88 Å². The molecule has 2 fully saturated rings. The van der Waals surface area contributed by atoms with E-state index in [0.717, 1.165) is 53.9 Å². The topological polar surface area (TPSA) is 102 Å². The van der Waals surface area contributed by atoms with Crippen molar-refractivity contribution in [2.45, 2.75) is 43.7 Å². The second-order valence-electron chi connectivity index (χ2n) is 9.33. The average Bonchev–Trinajstić information content (AvgIpc) is 2.87. The number of piperazine rings is 1. The number of rotatable bonds is 4. The number of pyridine rings is 1. The minimum Gasteiger partial charge on any atom is -0.368 e. The van der Waals surface area contributed by atoms with Crippen molar-refractivity contribution in [2.75, 3.05) is 24.5 Å². The Morgan fingerprint density at radius 3 is 2.71 bits per heavy atom. The third-order valence-electron chi connectivity index (χ3n) is 6.94. The lowest BCUT2D eigenvalue weighted by Crippen LogP contribution is -2.60. The maximum absolute atomic E-state index is 12.7. The maximum atomic E-state index is 12.7. The van der Waals surface area contributed by atoms with Crippen molar-refractivity contribution in [3.8, 4) is 6.07 Å².